The number of amides is 1. The number of para-hydroxylation sites is 1. The van der Waals surface area contributed by atoms with Crippen molar-refractivity contribution in [2.24, 2.45) is 13.0 Å². The van der Waals surface area contributed by atoms with Gasteiger partial charge in [0.25, 0.3) is 5.91 Å². The van der Waals surface area contributed by atoms with Gasteiger partial charge in [-0.1, -0.05) is 18.2 Å². The minimum atomic E-state index is 0.0485. The van der Waals surface area contributed by atoms with E-state index in [9.17, 15) is 4.79 Å². The molecule has 3 aromatic rings. The van der Waals surface area contributed by atoms with E-state index in [1.165, 1.54) is 0 Å². The van der Waals surface area contributed by atoms with Gasteiger partial charge in [-0.25, -0.2) is 9.97 Å². The highest BCUT2D eigenvalue weighted by Gasteiger charge is 2.28. The predicted molar refractivity (Wildman–Crippen MR) is 104 cm³/mol. The predicted octanol–water partition coefficient (Wildman–Crippen LogP) is 2.75. The number of imidazole rings is 1. The Morgan fingerprint density at radius 2 is 2.11 bits per heavy atom. The summed E-state index contributed by atoms with van der Waals surface area (Å²) in [5, 5.41) is 0. The van der Waals surface area contributed by atoms with Gasteiger partial charge in [0, 0.05) is 32.8 Å². The zero-order valence-corrected chi connectivity index (χ0v) is 15.8. The molecular weight excluding hydrogens is 340 g/mol. The van der Waals surface area contributed by atoms with Crippen molar-refractivity contribution in [3.63, 3.8) is 0 Å². The van der Waals surface area contributed by atoms with E-state index in [-0.39, 0.29) is 12.5 Å². The van der Waals surface area contributed by atoms with Crippen LogP contribution in [-0.4, -0.2) is 45.0 Å². The van der Waals surface area contributed by atoms with E-state index in [0.717, 1.165) is 54.2 Å². The van der Waals surface area contributed by atoms with Crippen molar-refractivity contribution >= 4 is 17.1 Å². The molecule has 0 saturated carbocycles. The molecule has 1 saturated heterocycles. The van der Waals surface area contributed by atoms with E-state index in [1.807, 2.05) is 55.3 Å². The summed E-state index contributed by atoms with van der Waals surface area (Å²) in [5.74, 6) is 2.27. The van der Waals surface area contributed by atoms with Crippen molar-refractivity contribution < 1.29 is 9.53 Å². The minimum absolute atomic E-state index is 0.0485. The Balaban J connectivity index is 1.34. The molecule has 2 aromatic heterocycles. The van der Waals surface area contributed by atoms with Gasteiger partial charge in [-0.05, 0) is 43.0 Å². The standard InChI is InChI=1S/C21H24N4O2/c1-15-6-3-4-8-18(15)27-14-20(26)25-11-9-16(13-25)12-19-23-17-7-5-10-22-21(17)24(19)2/h3-8,10,16H,9,11-14H2,1-2H3/t16-/m0/s1. The first-order chi connectivity index (χ1) is 13.1. The number of aryl methyl sites for hydroxylation is 2. The van der Waals surface area contributed by atoms with E-state index in [4.69, 9.17) is 9.72 Å². The van der Waals surface area contributed by atoms with Crippen LogP contribution in [0.5, 0.6) is 5.75 Å². The van der Waals surface area contributed by atoms with Crippen LogP contribution in [0.2, 0.25) is 0 Å². The molecule has 140 valence electrons. The van der Waals surface area contributed by atoms with Crippen molar-refractivity contribution in [3.8, 4) is 5.75 Å². The van der Waals surface area contributed by atoms with Crippen LogP contribution in [0.15, 0.2) is 42.6 Å². The number of pyridine rings is 1. The summed E-state index contributed by atoms with van der Waals surface area (Å²) in [6.45, 7) is 3.61. The number of likely N-dealkylation sites (tertiary alicyclic amines) is 1. The Morgan fingerprint density at radius 1 is 1.26 bits per heavy atom. The number of rotatable bonds is 5. The molecule has 4 rings (SSSR count). The molecule has 1 fully saturated rings. The van der Waals surface area contributed by atoms with Gasteiger partial charge in [0.05, 0.1) is 0 Å². The lowest BCUT2D eigenvalue weighted by atomic mass is 10.0. The van der Waals surface area contributed by atoms with Crippen LogP contribution in [0.1, 0.15) is 17.8 Å². The van der Waals surface area contributed by atoms with Crippen LogP contribution in [0, 0.1) is 12.8 Å². The smallest absolute Gasteiger partial charge is 0.260 e. The maximum Gasteiger partial charge on any atom is 0.260 e. The number of benzene rings is 1. The van der Waals surface area contributed by atoms with E-state index >= 15 is 0 Å². The molecule has 0 unspecified atom stereocenters. The third-order valence-electron chi connectivity index (χ3n) is 5.28. The SMILES string of the molecule is Cc1ccccc1OCC(=O)N1CC[C@@H](Cc2nc3cccnc3n2C)C1. The molecule has 0 spiro atoms. The summed E-state index contributed by atoms with van der Waals surface area (Å²) in [5.41, 5.74) is 2.87. The van der Waals surface area contributed by atoms with Gasteiger partial charge >= 0.3 is 0 Å². The lowest BCUT2D eigenvalue weighted by molar-refractivity contribution is -0.132. The zero-order chi connectivity index (χ0) is 18.8. The zero-order valence-electron chi connectivity index (χ0n) is 15.8. The van der Waals surface area contributed by atoms with Gasteiger partial charge in [-0.3, -0.25) is 4.79 Å². The highest BCUT2D eigenvalue weighted by Crippen LogP contribution is 2.23. The second-order valence-electron chi connectivity index (χ2n) is 7.19. The van der Waals surface area contributed by atoms with E-state index in [2.05, 4.69) is 9.55 Å². The quantitative estimate of drug-likeness (QED) is 0.698. The molecule has 0 bridgehead atoms. The van der Waals surface area contributed by atoms with Crippen LogP contribution in [0.4, 0.5) is 0 Å². The van der Waals surface area contributed by atoms with Crippen LogP contribution in [-0.2, 0) is 18.3 Å². The lowest BCUT2D eigenvalue weighted by Crippen LogP contribution is -2.33. The molecule has 0 N–H and O–H groups in total. The monoisotopic (exact) mass is 364 g/mol. The van der Waals surface area contributed by atoms with Gasteiger partial charge in [0.1, 0.15) is 17.1 Å². The molecule has 1 aromatic carbocycles. The molecule has 3 heterocycles. The third-order valence-corrected chi connectivity index (χ3v) is 5.28. The Morgan fingerprint density at radius 3 is 2.93 bits per heavy atom. The van der Waals surface area contributed by atoms with E-state index in [0.29, 0.717) is 5.92 Å². The highest BCUT2D eigenvalue weighted by molar-refractivity contribution is 5.78. The van der Waals surface area contributed by atoms with Crippen molar-refractivity contribution in [2.45, 2.75) is 19.8 Å². The van der Waals surface area contributed by atoms with Crippen LogP contribution < -0.4 is 4.74 Å². The van der Waals surface area contributed by atoms with Gasteiger partial charge in [0.15, 0.2) is 12.3 Å². The van der Waals surface area contributed by atoms with Gasteiger partial charge in [0.2, 0.25) is 0 Å². The number of carbonyl (C=O) groups is 1. The lowest BCUT2D eigenvalue weighted by Gasteiger charge is -2.17. The first kappa shape index (κ1) is 17.5. The van der Waals surface area contributed by atoms with Crippen molar-refractivity contribution in [1.82, 2.24) is 19.4 Å². The molecular formula is C21H24N4O2. The summed E-state index contributed by atoms with van der Waals surface area (Å²) in [6, 6.07) is 11.7. The number of hydrogen-bond donors (Lipinski definition) is 0. The second-order valence-corrected chi connectivity index (χ2v) is 7.19. The Hall–Kier alpha value is -2.89. The molecule has 6 heteroatoms. The fourth-order valence-electron chi connectivity index (χ4n) is 3.69. The average molecular weight is 364 g/mol. The van der Waals surface area contributed by atoms with Crippen molar-refractivity contribution in [1.29, 1.82) is 0 Å². The number of aromatic nitrogens is 3. The maximum absolute atomic E-state index is 12.5. The minimum Gasteiger partial charge on any atom is -0.484 e. The molecule has 1 amide bonds. The van der Waals surface area contributed by atoms with Crippen molar-refractivity contribution in [2.75, 3.05) is 19.7 Å². The van der Waals surface area contributed by atoms with Gasteiger partial charge in [-0.2, -0.15) is 0 Å². The first-order valence-electron chi connectivity index (χ1n) is 9.34. The first-order valence-corrected chi connectivity index (χ1v) is 9.34. The summed E-state index contributed by atoms with van der Waals surface area (Å²) in [6.07, 6.45) is 3.64. The van der Waals surface area contributed by atoms with Crippen LogP contribution in [0.3, 0.4) is 0 Å². The molecule has 0 radical (unpaired) electrons. The van der Waals surface area contributed by atoms with Crippen LogP contribution >= 0.6 is 0 Å². The molecule has 27 heavy (non-hydrogen) atoms. The van der Waals surface area contributed by atoms with Crippen LogP contribution in [0.25, 0.3) is 11.2 Å². The fraction of sp³-hybridized carbons (Fsp3) is 0.381. The number of fused-ring (bicyclic) bond motifs is 1. The summed E-state index contributed by atoms with van der Waals surface area (Å²) in [4.78, 5) is 23.5. The van der Waals surface area contributed by atoms with Gasteiger partial charge < -0.3 is 14.2 Å². The Bertz CT molecular complexity index is 966. The maximum atomic E-state index is 12.5. The fourth-order valence-corrected chi connectivity index (χ4v) is 3.69. The van der Waals surface area contributed by atoms with E-state index < -0.39 is 0 Å². The number of carbonyl (C=O) groups excluding carboxylic acids is 1. The largest absolute Gasteiger partial charge is 0.484 e. The summed E-state index contributed by atoms with van der Waals surface area (Å²) >= 11 is 0. The average Bonchev–Trinajstić information content (AvgIpc) is 3.27. The molecule has 1 aliphatic rings. The molecule has 6 nitrogen and oxygen atoms in total. The summed E-state index contributed by atoms with van der Waals surface area (Å²) < 4.78 is 7.76. The van der Waals surface area contributed by atoms with E-state index in [1.54, 1.807) is 6.20 Å². The Kier molecular flexibility index (Phi) is 4.79. The second kappa shape index (κ2) is 7.39. The normalized spacial score (nSPS) is 16.8. The molecule has 1 aliphatic heterocycles. The number of nitrogens with zero attached hydrogens (tertiary/aromatic N) is 4. The number of ether oxygens (including phenoxy) is 1. The number of hydrogen-bond acceptors (Lipinski definition) is 4. The molecule has 1 atom stereocenters. The summed E-state index contributed by atoms with van der Waals surface area (Å²) in [7, 11) is 2.01. The molecule has 0 aliphatic carbocycles. The third kappa shape index (κ3) is 3.65. The highest BCUT2D eigenvalue weighted by atomic mass is 16.5. The van der Waals surface area contributed by atoms with Crippen molar-refractivity contribution in [3.05, 3.63) is 54.0 Å². The topological polar surface area (TPSA) is 60.2 Å². The Labute approximate surface area is 158 Å². The van der Waals surface area contributed by atoms with Gasteiger partial charge in [-0.15, -0.1) is 0 Å².